The van der Waals surface area contributed by atoms with Crippen molar-refractivity contribution in [2.24, 2.45) is 0 Å². The molecule has 0 amide bonds. The van der Waals surface area contributed by atoms with Gasteiger partial charge in [-0.2, -0.15) is 0 Å². The lowest BCUT2D eigenvalue weighted by Gasteiger charge is -2.00. The molecule has 3 nitrogen and oxygen atoms in total. The molecular weight excluding hydrogens is 304 g/mol. The lowest BCUT2D eigenvalue weighted by molar-refractivity contribution is 0.374. The van der Waals surface area contributed by atoms with Gasteiger partial charge in [0.15, 0.2) is 0 Å². The zero-order valence-corrected chi connectivity index (χ0v) is 13.3. The van der Waals surface area contributed by atoms with Gasteiger partial charge in [0.05, 0.1) is 0 Å². The molecule has 0 saturated carbocycles. The minimum Gasteiger partial charge on any atom is -0.489 e. The second-order valence-corrected chi connectivity index (χ2v) is 6.13. The van der Waals surface area contributed by atoms with Gasteiger partial charge in [0.2, 0.25) is 0 Å². The number of benzene rings is 1. The number of para-hydroxylation sites is 1. The van der Waals surface area contributed by atoms with Gasteiger partial charge >= 0.3 is 0 Å². The van der Waals surface area contributed by atoms with E-state index in [1.807, 2.05) is 42.6 Å². The van der Waals surface area contributed by atoms with Crippen LogP contribution < -0.4 is 15.3 Å². The summed E-state index contributed by atoms with van der Waals surface area (Å²) in [6.07, 6.45) is 6.19. The fourth-order valence-electron chi connectivity index (χ4n) is 2.60. The van der Waals surface area contributed by atoms with E-state index in [2.05, 4.69) is 39.6 Å². The summed E-state index contributed by atoms with van der Waals surface area (Å²) in [6, 6.07) is 16.1. The van der Waals surface area contributed by atoms with Crippen LogP contribution >= 0.6 is 11.3 Å². The number of ether oxygens (including phenoxy) is 1. The summed E-state index contributed by atoms with van der Waals surface area (Å²) in [7, 11) is 0. The Labute approximate surface area is 137 Å². The molecule has 0 spiro atoms. The molecule has 4 heteroatoms. The number of fused-ring (bicyclic) bond motifs is 1. The Morgan fingerprint density at radius 3 is 2.78 bits per heavy atom. The molecule has 0 fully saturated rings. The fourth-order valence-corrected chi connectivity index (χ4v) is 3.41. The first-order valence-corrected chi connectivity index (χ1v) is 8.36. The molecule has 0 aliphatic carbocycles. The molecule has 114 valence electrons. The maximum absolute atomic E-state index is 5.78. The number of H-pyrrole nitrogens is 2. The second-order valence-electron chi connectivity index (χ2n) is 5.21. The van der Waals surface area contributed by atoms with E-state index in [1.165, 1.54) is 15.4 Å². The number of aromatic nitrogens is 2. The second kappa shape index (κ2) is 6.18. The summed E-state index contributed by atoms with van der Waals surface area (Å²) in [6.45, 7) is 0.531. The smallest absolute Gasteiger partial charge is 0.119 e. The molecule has 0 aliphatic heterocycles. The highest BCUT2D eigenvalue weighted by molar-refractivity contribution is 7.16. The molecule has 0 atom stereocenters. The standard InChI is InChI=1S/C19H16N2OS/c1-2-6-15(7-3-1)22-11-8-18-17(13-14-5-4-10-20-14)16-9-12-23-19(16)21-18/h1-10,12-13,20-21H,11H2. The Bertz CT molecular complexity index is 1010. The minimum atomic E-state index is 0.531. The van der Waals surface area contributed by atoms with Crippen molar-refractivity contribution in [1.82, 2.24) is 9.97 Å². The lowest BCUT2D eigenvalue weighted by atomic mass is 10.2. The Morgan fingerprint density at radius 1 is 1.04 bits per heavy atom. The number of hydrogen-bond acceptors (Lipinski definition) is 2. The number of aromatic amines is 2. The predicted octanol–water partition coefficient (Wildman–Crippen LogP) is 3.25. The molecule has 2 N–H and O–H groups in total. The highest BCUT2D eigenvalue weighted by atomic mass is 32.1. The van der Waals surface area contributed by atoms with Crippen LogP contribution in [0.3, 0.4) is 0 Å². The van der Waals surface area contributed by atoms with Crippen LogP contribution in [0.5, 0.6) is 5.75 Å². The van der Waals surface area contributed by atoms with Crippen LogP contribution in [0.1, 0.15) is 5.69 Å². The zero-order valence-electron chi connectivity index (χ0n) is 12.5. The van der Waals surface area contributed by atoms with Crippen molar-refractivity contribution in [3.8, 4) is 5.75 Å². The van der Waals surface area contributed by atoms with E-state index in [0.717, 1.165) is 16.8 Å². The molecule has 3 heterocycles. The topological polar surface area (TPSA) is 40.8 Å². The van der Waals surface area contributed by atoms with Crippen molar-refractivity contribution in [3.05, 3.63) is 76.4 Å². The third kappa shape index (κ3) is 2.94. The summed E-state index contributed by atoms with van der Waals surface area (Å²) < 4.78 is 5.78. The third-order valence-electron chi connectivity index (χ3n) is 3.70. The highest BCUT2D eigenvalue weighted by Crippen LogP contribution is 2.13. The van der Waals surface area contributed by atoms with Gasteiger partial charge in [0.1, 0.15) is 17.2 Å². The van der Waals surface area contributed by atoms with E-state index in [1.54, 1.807) is 11.3 Å². The van der Waals surface area contributed by atoms with Crippen LogP contribution in [0.4, 0.5) is 0 Å². The molecule has 0 aliphatic rings. The van der Waals surface area contributed by atoms with Crippen LogP contribution in [0, 0.1) is 0 Å². The Balaban J connectivity index is 1.72. The summed E-state index contributed by atoms with van der Waals surface area (Å²) >= 11 is 1.72. The molecule has 23 heavy (non-hydrogen) atoms. The van der Waals surface area contributed by atoms with Crippen LogP contribution in [-0.2, 0) is 0 Å². The van der Waals surface area contributed by atoms with Gasteiger partial charge in [-0.15, -0.1) is 11.3 Å². The van der Waals surface area contributed by atoms with E-state index in [-0.39, 0.29) is 0 Å². The van der Waals surface area contributed by atoms with Crippen molar-refractivity contribution in [2.75, 3.05) is 6.61 Å². The van der Waals surface area contributed by atoms with Gasteiger partial charge in [-0.1, -0.05) is 18.2 Å². The molecule has 4 aromatic rings. The van der Waals surface area contributed by atoms with Crippen LogP contribution in [-0.4, -0.2) is 16.6 Å². The van der Waals surface area contributed by atoms with E-state index in [4.69, 9.17) is 4.74 Å². The zero-order chi connectivity index (χ0) is 15.5. The summed E-state index contributed by atoms with van der Waals surface area (Å²) in [5.41, 5.74) is 1.09. The lowest BCUT2D eigenvalue weighted by Crippen LogP contribution is -2.24. The number of nitrogens with one attached hydrogen (secondary N) is 2. The Morgan fingerprint density at radius 2 is 1.96 bits per heavy atom. The first-order chi connectivity index (χ1) is 11.4. The molecule has 1 aromatic carbocycles. The number of hydrogen-bond donors (Lipinski definition) is 2. The van der Waals surface area contributed by atoms with Gasteiger partial charge in [-0.25, -0.2) is 0 Å². The van der Waals surface area contributed by atoms with E-state index >= 15 is 0 Å². The molecule has 4 rings (SSSR count). The summed E-state index contributed by atoms with van der Waals surface area (Å²) in [5.74, 6) is 0.881. The molecular formula is C19H16N2OS. The van der Waals surface area contributed by atoms with Crippen molar-refractivity contribution >= 4 is 33.7 Å². The number of rotatable bonds is 4. The summed E-state index contributed by atoms with van der Waals surface area (Å²) in [4.78, 5) is 7.90. The van der Waals surface area contributed by atoms with Gasteiger partial charge in [-0.05, 0) is 47.9 Å². The molecule has 0 bridgehead atoms. The monoisotopic (exact) mass is 320 g/mol. The Hall–Kier alpha value is -2.72. The van der Waals surface area contributed by atoms with E-state index < -0.39 is 0 Å². The van der Waals surface area contributed by atoms with Crippen molar-refractivity contribution in [1.29, 1.82) is 0 Å². The Kier molecular flexibility index (Phi) is 3.74. The maximum Gasteiger partial charge on any atom is 0.119 e. The van der Waals surface area contributed by atoms with Gasteiger partial charge in [0.25, 0.3) is 0 Å². The number of thiophene rings is 1. The molecule has 3 aromatic heterocycles. The van der Waals surface area contributed by atoms with Gasteiger partial charge in [0, 0.05) is 27.8 Å². The van der Waals surface area contributed by atoms with E-state index in [9.17, 15) is 0 Å². The predicted molar refractivity (Wildman–Crippen MR) is 96.2 cm³/mol. The third-order valence-corrected chi connectivity index (χ3v) is 4.53. The van der Waals surface area contributed by atoms with Gasteiger partial charge in [-0.3, -0.25) is 0 Å². The van der Waals surface area contributed by atoms with E-state index in [0.29, 0.717) is 6.61 Å². The SMILES string of the molecule is C(COc1ccccc1)=c1[nH]c2sccc2c1=Cc1ccc[nH]1. The normalized spacial score (nSPS) is 13.0. The van der Waals surface area contributed by atoms with Crippen molar-refractivity contribution in [2.45, 2.75) is 0 Å². The quantitative estimate of drug-likeness (QED) is 0.595. The largest absolute Gasteiger partial charge is 0.489 e. The van der Waals surface area contributed by atoms with Crippen LogP contribution in [0.15, 0.2) is 60.1 Å². The maximum atomic E-state index is 5.78. The molecule has 0 radical (unpaired) electrons. The summed E-state index contributed by atoms with van der Waals surface area (Å²) in [5, 5.41) is 5.64. The first kappa shape index (κ1) is 13.9. The molecule has 0 unspecified atom stereocenters. The average molecular weight is 320 g/mol. The van der Waals surface area contributed by atoms with Gasteiger partial charge < -0.3 is 14.7 Å². The average Bonchev–Trinajstić information content (AvgIpc) is 3.29. The minimum absolute atomic E-state index is 0.531. The fraction of sp³-hybridized carbons (Fsp3) is 0.0526. The van der Waals surface area contributed by atoms with Crippen LogP contribution in [0.25, 0.3) is 22.4 Å². The first-order valence-electron chi connectivity index (χ1n) is 7.48. The molecule has 0 saturated heterocycles. The van der Waals surface area contributed by atoms with Crippen molar-refractivity contribution < 1.29 is 4.74 Å². The highest BCUT2D eigenvalue weighted by Gasteiger charge is 2.02. The van der Waals surface area contributed by atoms with Crippen molar-refractivity contribution in [3.63, 3.8) is 0 Å². The van der Waals surface area contributed by atoms with Crippen LogP contribution in [0.2, 0.25) is 0 Å².